The molecule has 1 aliphatic rings. The van der Waals surface area contributed by atoms with E-state index < -0.39 is 0 Å². The van der Waals surface area contributed by atoms with Gasteiger partial charge in [0, 0.05) is 11.6 Å². The fourth-order valence-electron chi connectivity index (χ4n) is 2.20. The fourth-order valence-corrected chi connectivity index (χ4v) is 2.98. The number of hydrogen-bond donors (Lipinski definition) is 0. The predicted molar refractivity (Wildman–Crippen MR) is 66.9 cm³/mol. The van der Waals surface area contributed by atoms with E-state index in [1.54, 1.807) is 17.5 Å². The van der Waals surface area contributed by atoms with Crippen LogP contribution in [0.15, 0.2) is 11.6 Å². The average Bonchev–Trinajstić information content (AvgIpc) is 3.00. The number of esters is 1. The van der Waals surface area contributed by atoms with E-state index in [4.69, 9.17) is 4.74 Å². The Morgan fingerprint density at radius 2 is 2.35 bits per heavy atom. The number of ether oxygens (including phenoxy) is 1. The Balaban J connectivity index is 2.04. The lowest BCUT2D eigenvalue weighted by atomic mass is 10.2. The lowest BCUT2D eigenvalue weighted by Gasteiger charge is -2.24. The topological polar surface area (TPSA) is 42.4 Å². The van der Waals surface area contributed by atoms with Gasteiger partial charge < -0.3 is 4.74 Å². The van der Waals surface area contributed by atoms with E-state index in [9.17, 15) is 4.79 Å². The van der Waals surface area contributed by atoms with E-state index >= 15 is 0 Å². The minimum atomic E-state index is -0.125. The van der Waals surface area contributed by atoms with Gasteiger partial charge in [-0.15, -0.1) is 11.3 Å². The van der Waals surface area contributed by atoms with Crippen molar-refractivity contribution >= 4 is 17.3 Å². The molecular formula is C12H18N2O2S. The van der Waals surface area contributed by atoms with Crippen LogP contribution < -0.4 is 0 Å². The van der Waals surface area contributed by atoms with Crippen LogP contribution in [0.3, 0.4) is 0 Å². The molecule has 1 aliphatic heterocycles. The third-order valence-corrected chi connectivity index (χ3v) is 3.86. The van der Waals surface area contributed by atoms with Gasteiger partial charge in [0.05, 0.1) is 19.1 Å². The summed E-state index contributed by atoms with van der Waals surface area (Å²) in [6.07, 6.45) is 4.64. The first-order valence-corrected chi connectivity index (χ1v) is 6.98. The molecule has 0 aromatic carbocycles. The summed E-state index contributed by atoms with van der Waals surface area (Å²) in [7, 11) is 0. The van der Waals surface area contributed by atoms with Gasteiger partial charge in [-0.05, 0) is 32.9 Å². The van der Waals surface area contributed by atoms with Crippen LogP contribution in [0.25, 0.3) is 0 Å². The number of nitrogens with zero attached hydrogens (tertiary/aromatic N) is 2. The Morgan fingerprint density at radius 1 is 1.59 bits per heavy atom. The van der Waals surface area contributed by atoms with Crippen molar-refractivity contribution in [2.75, 3.05) is 19.7 Å². The maximum atomic E-state index is 11.6. The van der Waals surface area contributed by atoms with Crippen LogP contribution in [0.5, 0.6) is 0 Å². The molecule has 0 amide bonds. The highest BCUT2D eigenvalue weighted by molar-refractivity contribution is 7.09. The van der Waals surface area contributed by atoms with Crippen molar-refractivity contribution in [3.63, 3.8) is 0 Å². The largest absolute Gasteiger partial charge is 0.466 e. The first-order valence-electron chi connectivity index (χ1n) is 6.10. The molecule has 1 aromatic rings. The highest BCUT2D eigenvalue weighted by Crippen LogP contribution is 2.29. The Morgan fingerprint density at radius 3 is 2.94 bits per heavy atom. The van der Waals surface area contributed by atoms with Gasteiger partial charge in [0.1, 0.15) is 5.01 Å². The summed E-state index contributed by atoms with van der Waals surface area (Å²) in [5.74, 6) is -0.125. The average molecular weight is 254 g/mol. The van der Waals surface area contributed by atoms with Crippen molar-refractivity contribution in [1.82, 2.24) is 9.88 Å². The summed E-state index contributed by atoms with van der Waals surface area (Å²) in [5, 5.41) is 2.99. The first-order chi connectivity index (χ1) is 8.31. The van der Waals surface area contributed by atoms with Crippen LogP contribution in [0.4, 0.5) is 0 Å². The van der Waals surface area contributed by atoms with Gasteiger partial charge in [-0.25, -0.2) is 4.98 Å². The summed E-state index contributed by atoms with van der Waals surface area (Å²) in [6, 6.07) is 0.108. The second-order valence-electron chi connectivity index (χ2n) is 4.14. The van der Waals surface area contributed by atoms with Crippen LogP contribution in [-0.4, -0.2) is 35.5 Å². The molecule has 0 spiro atoms. The number of carbonyl (C=O) groups is 1. The molecule has 1 fully saturated rings. The van der Waals surface area contributed by atoms with E-state index in [-0.39, 0.29) is 12.0 Å². The molecule has 17 heavy (non-hydrogen) atoms. The smallest absolute Gasteiger partial charge is 0.307 e. The lowest BCUT2D eigenvalue weighted by molar-refractivity contribution is -0.144. The molecular weight excluding hydrogens is 236 g/mol. The van der Waals surface area contributed by atoms with Crippen molar-refractivity contribution < 1.29 is 9.53 Å². The molecule has 0 aliphatic carbocycles. The predicted octanol–water partition coefficient (Wildman–Crippen LogP) is 2.23. The molecule has 0 bridgehead atoms. The van der Waals surface area contributed by atoms with Gasteiger partial charge in [0.15, 0.2) is 0 Å². The third-order valence-electron chi connectivity index (χ3n) is 2.98. The molecule has 5 heteroatoms. The highest BCUT2D eigenvalue weighted by Gasteiger charge is 2.27. The Kier molecular flexibility index (Phi) is 4.50. The van der Waals surface area contributed by atoms with Crippen LogP contribution >= 0.6 is 11.3 Å². The molecule has 94 valence electrons. The van der Waals surface area contributed by atoms with Crippen molar-refractivity contribution in [2.45, 2.75) is 32.2 Å². The highest BCUT2D eigenvalue weighted by atomic mass is 32.1. The molecule has 2 heterocycles. The molecule has 1 atom stereocenters. The van der Waals surface area contributed by atoms with Gasteiger partial charge >= 0.3 is 5.97 Å². The van der Waals surface area contributed by atoms with Gasteiger partial charge in [-0.2, -0.15) is 0 Å². The first kappa shape index (κ1) is 12.5. The Bertz CT molecular complexity index is 347. The van der Waals surface area contributed by atoms with E-state index in [1.807, 2.05) is 12.3 Å². The van der Waals surface area contributed by atoms with Gasteiger partial charge in [0.25, 0.3) is 0 Å². The zero-order chi connectivity index (χ0) is 12.1. The van der Waals surface area contributed by atoms with Crippen LogP contribution in [0.1, 0.15) is 37.2 Å². The van der Waals surface area contributed by atoms with Gasteiger partial charge in [-0.3, -0.25) is 9.69 Å². The quantitative estimate of drug-likeness (QED) is 0.756. The second kappa shape index (κ2) is 6.12. The van der Waals surface area contributed by atoms with E-state index in [0.717, 1.165) is 18.1 Å². The summed E-state index contributed by atoms with van der Waals surface area (Å²) >= 11 is 1.62. The van der Waals surface area contributed by atoms with Crippen LogP contribution in [0.2, 0.25) is 0 Å². The Labute approximate surface area is 106 Å². The van der Waals surface area contributed by atoms with E-state index in [0.29, 0.717) is 13.0 Å². The molecule has 1 aromatic heterocycles. The van der Waals surface area contributed by atoms with Crippen molar-refractivity contribution in [3.05, 3.63) is 16.6 Å². The van der Waals surface area contributed by atoms with Crippen LogP contribution in [-0.2, 0) is 9.53 Å². The van der Waals surface area contributed by atoms with Gasteiger partial charge in [0.2, 0.25) is 0 Å². The Hall–Kier alpha value is -0.940. The van der Waals surface area contributed by atoms with E-state index in [1.165, 1.54) is 12.8 Å². The zero-order valence-corrected chi connectivity index (χ0v) is 10.9. The van der Waals surface area contributed by atoms with Crippen LogP contribution in [0, 0.1) is 0 Å². The summed E-state index contributed by atoms with van der Waals surface area (Å²) in [5.41, 5.74) is 0. The molecule has 1 unspecified atom stereocenters. The summed E-state index contributed by atoms with van der Waals surface area (Å²) in [6.45, 7) is 4.41. The van der Waals surface area contributed by atoms with Crippen molar-refractivity contribution in [3.8, 4) is 0 Å². The summed E-state index contributed by atoms with van der Waals surface area (Å²) in [4.78, 5) is 18.3. The second-order valence-corrected chi connectivity index (χ2v) is 5.06. The molecule has 0 radical (unpaired) electrons. The number of aromatic nitrogens is 1. The number of thiazole rings is 1. The minimum absolute atomic E-state index is 0.108. The monoisotopic (exact) mass is 254 g/mol. The molecule has 4 nitrogen and oxygen atoms in total. The summed E-state index contributed by atoms with van der Waals surface area (Å²) < 4.78 is 5.04. The maximum absolute atomic E-state index is 11.6. The van der Waals surface area contributed by atoms with Crippen molar-refractivity contribution in [1.29, 1.82) is 0 Å². The number of hydrogen-bond acceptors (Lipinski definition) is 5. The molecule has 0 N–H and O–H groups in total. The molecule has 0 saturated carbocycles. The van der Waals surface area contributed by atoms with Gasteiger partial charge in [-0.1, -0.05) is 0 Å². The maximum Gasteiger partial charge on any atom is 0.307 e. The standard InChI is InChI=1S/C12H18N2O2S/c1-2-16-11(15)9-10(12-13-5-8-17-12)14-6-3-4-7-14/h5,8,10H,2-4,6-7,9H2,1H3. The molecule has 1 saturated heterocycles. The lowest BCUT2D eigenvalue weighted by Crippen LogP contribution is -2.28. The fraction of sp³-hybridized carbons (Fsp3) is 0.667. The zero-order valence-electron chi connectivity index (χ0n) is 10.1. The number of rotatable bonds is 5. The van der Waals surface area contributed by atoms with E-state index in [2.05, 4.69) is 9.88 Å². The normalized spacial score (nSPS) is 18.2. The SMILES string of the molecule is CCOC(=O)CC(c1nccs1)N1CCCC1. The molecule has 2 rings (SSSR count). The minimum Gasteiger partial charge on any atom is -0.466 e. The number of carbonyl (C=O) groups excluding carboxylic acids is 1. The number of likely N-dealkylation sites (tertiary alicyclic amines) is 1. The third kappa shape index (κ3) is 3.26. The van der Waals surface area contributed by atoms with Crippen molar-refractivity contribution in [2.24, 2.45) is 0 Å².